The lowest BCUT2D eigenvalue weighted by Gasteiger charge is -2.14. The molecule has 140 valence electrons. The minimum absolute atomic E-state index is 0.0241. The topological polar surface area (TPSA) is 88.5 Å². The zero-order chi connectivity index (χ0) is 19.4. The van der Waals surface area contributed by atoms with Crippen LogP contribution in [0, 0.1) is 0 Å². The number of anilines is 1. The second-order valence-electron chi connectivity index (χ2n) is 5.46. The second-order valence-corrected chi connectivity index (χ2v) is 7.96. The van der Waals surface area contributed by atoms with E-state index in [1.165, 1.54) is 12.3 Å². The first-order valence-electron chi connectivity index (χ1n) is 7.69. The fourth-order valence-electron chi connectivity index (χ4n) is 2.25. The van der Waals surface area contributed by atoms with Gasteiger partial charge in [-0.2, -0.15) is 0 Å². The number of halogens is 2. The fourth-order valence-corrected chi connectivity index (χ4v) is 4.03. The molecule has 1 heterocycles. The smallest absolute Gasteiger partial charge is 0.266 e. The van der Waals surface area contributed by atoms with Crippen LogP contribution in [-0.4, -0.2) is 18.5 Å². The van der Waals surface area contributed by atoms with Gasteiger partial charge in [0.15, 0.2) is 17.3 Å². The molecular formula is C18H14Cl2N2O4S. The van der Waals surface area contributed by atoms with Gasteiger partial charge in [0.2, 0.25) is 0 Å². The van der Waals surface area contributed by atoms with Gasteiger partial charge in [-0.05, 0) is 29.8 Å². The Balaban J connectivity index is 1.87. The first-order valence-corrected chi connectivity index (χ1v) is 9.93. The molecule has 3 aromatic rings. The molecule has 0 spiro atoms. The normalized spacial score (nSPS) is 11.2. The Morgan fingerprint density at radius 3 is 2.56 bits per heavy atom. The number of ether oxygens (including phenoxy) is 1. The molecule has 3 rings (SSSR count). The van der Waals surface area contributed by atoms with Crippen LogP contribution in [0.25, 0.3) is 0 Å². The summed E-state index contributed by atoms with van der Waals surface area (Å²) in [6, 6.07) is 14.9. The van der Waals surface area contributed by atoms with Gasteiger partial charge in [0, 0.05) is 11.2 Å². The summed E-state index contributed by atoms with van der Waals surface area (Å²) in [5.74, 6) is -0.391. The van der Waals surface area contributed by atoms with Gasteiger partial charge in [-0.15, -0.1) is 0 Å². The van der Waals surface area contributed by atoms with Crippen molar-refractivity contribution in [3.63, 3.8) is 0 Å². The van der Waals surface area contributed by atoms with Crippen molar-refractivity contribution in [1.82, 2.24) is 4.98 Å². The summed E-state index contributed by atoms with van der Waals surface area (Å²) in [5.41, 5.74) is 0.912. The number of hydrogen-bond acceptors (Lipinski definition) is 5. The molecule has 0 aliphatic rings. The summed E-state index contributed by atoms with van der Waals surface area (Å²) in [4.78, 5) is 3.55. The molecule has 0 atom stereocenters. The van der Waals surface area contributed by atoms with Gasteiger partial charge in [-0.3, -0.25) is 4.72 Å². The number of nitrogens with one attached hydrogen (secondary N) is 1. The van der Waals surface area contributed by atoms with Gasteiger partial charge in [0.25, 0.3) is 10.0 Å². The van der Waals surface area contributed by atoms with Crippen molar-refractivity contribution in [2.45, 2.75) is 11.5 Å². The lowest BCUT2D eigenvalue weighted by atomic mass is 10.2. The largest absolute Gasteiger partial charge is 0.505 e. The Kier molecular flexibility index (Phi) is 5.74. The first-order chi connectivity index (χ1) is 12.9. The van der Waals surface area contributed by atoms with Gasteiger partial charge >= 0.3 is 0 Å². The summed E-state index contributed by atoms with van der Waals surface area (Å²) in [6.07, 6.45) is 1.41. The van der Waals surface area contributed by atoms with Crippen molar-refractivity contribution in [3.8, 4) is 11.5 Å². The number of phenols is 1. The molecule has 0 radical (unpaired) electrons. The molecule has 2 N–H and O–H groups in total. The predicted octanol–water partition coefficient (Wildman–Crippen LogP) is 4.47. The third-order valence-electron chi connectivity index (χ3n) is 3.52. The maximum atomic E-state index is 12.7. The van der Waals surface area contributed by atoms with Crippen LogP contribution in [-0.2, 0) is 16.6 Å². The molecule has 0 saturated carbocycles. The van der Waals surface area contributed by atoms with Gasteiger partial charge in [0.05, 0.1) is 5.02 Å². The molecule has 0 bridgehead atoms. The minimum atomic E-state index is -4.21. The molecular weight excluding hydrogens is 411 g/mol. The van der Waals surface area contributed by atoms with Crippen molar-refractivity contribution in [2.24, 2.45) is 0 Å². The maximum Gasteiger partial charge on any atom is 0.266 e. The molecule has 0 fully saturated rings. The highest BCUT2D eigenvalue weighted by Gasteiger charge is 2.23. The van der Waals surface area contributed by atoms with Crippen LogP contribution >= 0.6 is 23.2 Å². The van der Waals surface area contributed by atoms with Gasteiger partial charge < -0.3 is 9.84 Å². The molecule has 9 heteroatoms. The maximum absolute atomic E-state index is 12.7. The number of phenolic OH excluding ortho intramolecular Hbond substituents is 1. The Morgan fingerprint density at radius 1 is 1.07 bits per heavy atom. The van der Waals surface area contributed by atoms with Crippen LogP contribution in [0.15, 0.2) is 65.7 Å². The highest BCUT2D eigenvalue weighted by molar-refractivity contribution is 7.92. The van der Waals surface area contributed by atoms with Crippen LogP contribution in [0.3, 0.4) is 0 Å². The number of aromatic hydroxyl groups is 1. The van der Waals surface area contributed by atoms with E-state index in [2.05, 4.69) is 9.71 Å². The minimum Gasteiger partial charge on any atom is -0.505 e. The van der Waals surface area contributed by atoms with Crippen LogP contribution in [0.1, 0.15) is 5.56 Å². The average Bonchev–Trinajstić information content (AvgIpc) is 2.64. The Hall–Kier alpha value is -2.48. The molecule has 0 saturated heterocycles. The molecule has 1 aromatic heterocycles. The fraction of sp³-hybridized carbons (Fsp3) is 0.0556. The van der Waals surface area contributed by atoms with E-state index >= 15 is 0 Å². The number of pyridine rings is 1. The van der Waals surface area contributed by atoms with Crippen LogP contribution in [0.5, 0.6) is 11.5 Å². The summed E-state index contributed by atoms with van der Waals surface area (Å²) < 4.78 is 33.3. The molecule has 27 heavy (non-hydrogen) atoms. The number of aromatic nitrogens is 1. The SMILES string of the molecule is O=S(=O)(Nc1ncccc1OCc1ccccc1)c1cc(Cl)cc(Cl)c1O. The van der Waals surface area contributed by atoms with E-state index in [1.807, 2.05) is 30.3 Å². The average molecular weight is 425 g/mol. The zero-order valence-electron chi connectivity index (χ0n) is 13.8. The standard InChI is InChI=1S/C18H14Cl2N2O4S/c19-13-9-14(20)17(23)16(10-13)27(24,25)22-18-15(7-4-8-21-18)26-11-12-5-2-1-3-6-12/h1-10,23H,11H2,(H,21,22). The molecule has 0 unspecified atom stereocenters. The number of sulfonamides is 1. The summed E-state index contributed by atoms with van der Waals surface area (Å²) in [6.45, 7) is 0.232. The number of nitrogens with zero attached hydrogens (tertiary/aromatic N) is 1. The number of rotatable bonds is 6. The molecule has 0 amide bonds. The Morgan fingerprint density at radius 2 is 1.81 bits per heavy atom. The predicted molar refractivity (Wildman–Crippen MR) is 104 cm³/mol. The Bertz CT molecular complexity index is 1060. The van der Waals surface area contributed by atoms with Crippen molar-refractivity contribution in [1.29, 1.82) is 0 Å². The lowest BCUT2D eigenvalue weighted by Crippen LogP contribution is -2.15. The van der Waals surface area contributed by atoms with Crippen LogP contribution in [0.4, 0.5) is 5.82 Å². The Labute approximate surface area is 166 Å². The van der Waals surface area contributed by atoms with Crippen molar-refractivity contribution in [3.05, 3.63) is 76.4 Å². The van der Waals surface area contributed by atoms with Crippen LogP contribution < -0.4 is 9.46 Å². The summed E-state index contributed by atoms with van der Waals surface area (Å²) in [7, 11) is -4.21. The zero-order valence-corrected chi connectivity index (χ0v) is 16.1. The van der Waals surface area contributed by atoms with Gasteiger partial charge in [-0.1, -0.05) is 53.5 Å². The van der Waals surface area contributed by atoms with Crippen LogP contribution in [0.2, 0.25) is 10.0 Å². The van der Waals surface area contributed by atoms with Crippen molar-refractivity contribution in [2.75, 3.05) is 4.72 Å². The third kappa shape index (κ3) is 4.63. The summed E-state index contributed by atoms with van der Waals surface area (Å²) >= 11 is 11.7. The number of benzene rings is 2. The molecule has 0 aliphatic carbocycles. The molecule has 0 aliphatic heterocycles. The molecule has 6 nitrogen and oxygen atoms in total. The summed E-state index contributed by atoms with van der Waals surface area (Å²) in [5, 5.41) is 9.89. The highest BCUT2D eigenvalue weighted by atomic mass is 35.5. The van der Waals surface area contributed by atoms with E-state index in [1.54, 1.807) is 12.1 Å². The third-order valence-corrected chi connectivity index (χ3v) is 5.38. The number of hydrogen-bond donors (Lipinski definition) is 2. The monoisotopic (exact) mass is 424 g/mol. The van der Waals surface area contributed by atoms with E-state index < -0.39 is 20.7 Å². The highest BCUT2D eigenvalue weighted by Crippen LogP contribution is 2.35. The van der Waals surface area contributed by atoms with E-state index in [4.69, 9.17) is 27.9 Å². The van der Waals surface area contributed by atoms with Crippen molar-refractivity contribution >= 4 is 39.0 Å². The second kappa shape index (κ2) is 8.04. The van der Waals surface area contributed by atoms with Crippen molar-refractivity contribution < 1.29 is 18.3 Å². The van der Waals surface area contributed by atoms with Gasteiger partial charge in [-0.25, -0.2) is 13.4 Å². The lowest BCUT2D eigenvalue weighted by molar-refractivity contribution is 0.307. The van der Waals surface area contributed by atoms with E-state index in [9.17, 15) is 13.5 Å². The van der Waals surface area contributed by atoms with E-state index in [0.29, 0.717) is 0 Å². The van der Waals surface area contributed by atoms with E-state index in [0.717, 1.165) is 11.6 Å². The van der Waals surface area contributed by atoms with E-state index in [-0.39, 0.29) is 28.2 Å². The molecule has 2 aromatic carbocycles. The first kappa shape index (κ1) is 19.3. The van der Waals surface area contributed by atoms with Gasteiger partial charge in [0.1, 0.15) is 11.5 Å². The quantitative estimate of drug-likeness (QED) is 0.608.